The molecule has 7 heteroatoms. The van der Waals surface area contributed by atoms with Crippen LogP contribution in [-0.4, -0.2) is 20.0 Å². The van der Waals surface area contributed by atoms with E-state index in [-0.39, 0.29) is 23.1 Å². The molecule has 0 radical (unpaired) electrons. The van der Waals surface area contributed by atoms with Crippen LogP contribution in [0, 0.1) is 25.9 Å². The Kier molecular flexibility index (Phi) is 20.3. The molecule has 0 N–H and O–H groups in total. The van der Waals surface area contributed by atoms with Crippen LogP contribution in [0.2, 0.25) is 0 Å². The van der Waals surface area contributed by atoms with Gasteiger partial charge in [0.25, 0.3) is 0 Å². The minimum Gasteiger partial charge on any atom is 0 e. The second kappa shape index (κ2) is 18.7. The van der Waals surface area contributed by atoms with Crippen molar-refractivity contribution < 1.29 is 45.6 Å². The third kappa shape index (κ3) is 10.2. The van der Waals surface area contributed by atoms with Gasteiger partial charge >= 0.3 is 33.9 Å². The molecule has 0 unspecified atom stereocenters. The molecule has 1 aromatic carbocycles. The van der Waals surface area contributed by atoms with Gasteiger partial charge in [-0.2, -0.15) is 0 Å². The third-order valence-corrected chi connectivity index (χ3v) is 5.04. The van der Waals surface area contributed by atoms with Crippen molar-refractivity contribution in [3.05, 3.63) is 54.9 Å². The summed E-state index contributed by atoms with van der Waals surface area (Å²) in [6, 6.07) is 4.26. The van der Waals surface area contributed by atoms with Gasteiger partial charge in [-0.05, 0) is 68.7 Å². The van der Waals surface area contributed by atoms with E-state index < -0.39 is 0 Å². The molecule has 0 heterocycles. The number of rotatable bonds is 6. The van der Waals surface area contributed by atoms with Gasteiger partial charge < -0.3 is 14.3 Å². The zero-order valence-corrected chi connectivity index (χ0v) is 20.2. The van der Waals surface area contributed by atoms with Gasteiger partial charge in [-0.1, -0.05) is 18.6 Å². The largest absolute Gasteiger partial charge is 0 e. The van der Waals surface area contributed by atoms with E-state index >= 15 is 0 Å². The summed E-state index contributed by atoms with van der Waals surface area (Å²) in [5.74, 6) is 3.14. The molecule has 0 spiro atoms. The summed E-state index contributed by atoms with van der Waals surface area (Å²) in [4.78, 5) is 11.5. The fourth-order valence-electron chi connectivity index (χ4n) is 3.91. The number of allylic oxidation sites excluding steroid dienone is 2. The molecule has 3 atom stereocenters. The molecule has 0 bridgehead atoms. The summed E-state index contributed by atoms with van der Waals surface area (Å²) in [7, 11) is 3.35. The van der Waals surface area contributed by atoms with Crippen LogP contribution in [0.15, 0.2) is 23.8 Å². The van der Waals surface area contributed by atoms with Crippen LogP contribution in [-0.2, 0) is 36.1 Å². The second-order valence-corrected chi connectivity index (χ2v) is 7.25. The molecule has 0 saturated heterocycles. The molecule has 31 heavy (non-hydrogen) atoms. The number of carbonyl (C=O) groups is 1. The van der Waals surface area contributed by atoms with Gasteiger partial charge in [-0.3, -0.25) is 0 Å². The van der Waals surface area contributed by atoms with Crippen molar-refractivity contribution in [2.75, 3.05) is 14.2 Å². The fraction of sp³-hybridized carbons (Fsp3) is 0.500. The van der Waals surface area contributed by atoms with Crippen molar-refractivity contribution in [2.45, 2.75) is 58.8 Å². The number of ether oxygens (including phenoxy) is 2. The van der Waals surface area contributed by atoms with Gasteiger partial charge in [0.15, 0.2) is 11.5 Å². The molecule has 0 aromatic heterocycles. The van der Waals surface area contributed by atoms with Crippen LogP contribution in [0.1, 0.15) is 69.9 Å². The predicted octanol–water partition coefficient (Wildman–Crippen LogP) is 5.13. The average molecular weight is 466 g/mol. The maximum atomic E-state index is 11.5. The molecule has 1 aliphatic carbocycles. The fourth-order valence-corrected chi connectivity index (χ4v) is 3.91. The van der Waals surface area contributed by atoms with E-state index in [2.05, 4.69) is 58.9 Å². The summed E-state index contributed by atoms with van der Waals surface area (Å²) < 4.78 is 33.5. The molecule has 0 amide bonds. The topological polar surface area (TPSA) is 95.2 Å². The summed E-state index contributed by atoms with van der Waals surface area (Å²) >= 11 is 0. The van der Waals surface area contributed by atoms with Crippen molar-refractivity contribution in [2.24, 2.45) is 5.92 Å². The first-order valence-corrected chi connectivity index (χ1v) is 9.38. The zero-order chi connectivity index (χ0) is 23.9. The third-order valence-electron chi connectivity index (χ3n) is 5.04. The number of ketones is 1. The van der Waals surface area contributed by atoms with Crippen molar-refractivity contribution in [3.8, 4) is 11.5 Å². The van der Waals surface area contributed by atoms with Gasteiger partial charge in [-0.25, -0.2) is 0 Å². The van der Waals surface area contributed by atoms with E-state index in [0.29, 0.717) is 24.2 Å². The van der Waals surface area contributed by atoms with Crippen molar-refractivity contribution in [1.29, 1.82) is 0 Å². The SMILES string of the molecule is COc1cc2c(cc1OC)[C@H](CCC(C)=O)[C@@H](C)C[C@@H]2C=C(C)C.[C-]#[O+].[C-]#[O+].[C-]#[O+].[Cr]. The van der Waals surface area contributed by atoms with Crippen molar-refractivity contribution in [3.63, 3.8) is 0 Å². The Morgan fingerprint density at radius 1 is 1.00 bits per heavy atom. The number of Topliss-reactive ketones (excluding diaryl/α,β-unsaturated/α-hetero) is 1. The molecule has 1 aromatic rings. The first-order valence-electron chi connectivity index (χ1n) is 9.38. The monoisotopic (exact) mass is 466 g/mol. The van der Waals surface area contributed by atoms with E-state index in [4.69, 9.17) is 23.4 Å². The molecular weight excluding hydrogens is 436 g/mol. The van der Waals surface area contributed by atoms with Gasteiger partial charge in [0.2, 0.25) is 0 Å². The quantitative estimate of drug-likeness (QED) is 0.330. The molecular formula is C24H30CrO6. The number of carbonyl (C=O) groups excluding carboxylic acids is 1. The molecule has 0 aliphatic heterocycles. The molecule has 2 rings (SSSR count). The summed E-state index contributed by atoms with van der Waals surface area (Å²) in [5.41, 5.74) is 3.96. The Bertz CT molecular complexity index is 745. The zero-order valence-electron chi connectivity index (χ0n) is 18.9. The standard InChI is InChI=1S/C21H30O3.3CO.Cr/c1-13(2)9-16-10-14(3)17(8-7-15(4)22)19-12-21(24-6)20(23-5)11-18(16)19;3*1-2;/h9,11-12,14,16-17H,7-8,10H2,1-6H3;;;;/t14-,16-,17+;;;;/m0..../s1. The Balaban J connectivity index is -0.00000103. The second-order valence-electron chi connectivity index (χ2n) is 7.25. The first-order chi connectivity index (χ1) is 14.4. The van der Waals surface area contributed by atoms with Gasteiger partial charge in [0.1, 0.15) is 5.78 Å². The van der Waals surface area contributed by atoms with Crippen LogP contribution in [0.25, 0.3) is 0 Å². The minimum atomic E-state index is 0. The molecule has 0 fully saturated rings. The molecule has 168 valence electrons. The maximum Gasteiger partial charge on any atom is 0 e. The number of hydrogen-bond donors (Lipinski definition) is 0. The van der Waals surface area contributed by atoms with E-state index in [1.165, 1.54) is 16.7 Å². The summed E-state index contributed by atoms with van der Waals surface area (Å²) in [5, 5.41) is 0. The van der Waals surface area contributed by atoms with Crippen LogP contribution in [0.4, 0.5) is 0 Å². The minimum absolute atomic E-state index is 0. The van der Waals surface area contributed by atoms with Gasteiger partial charge in [-0.15, -0.1) is 0 Å². The van der Waals surface area contributed by atoms with Crippen molar-refractivity contribution >= 4 is 5.78 Å². The predicted molar refractivity (Wildman–Crippen MR) is 110 cm³/mol. The molecule has 0 saturated carbocycles. The summed E-state index contributed by atoms with van der Waals surface area (Å²) in [6.07, 6.45) is 5.00. The Hall–Kier alpha value is -2.02. The Morgan fingerprint density at radius 3 is 1.84 bits per heavy atom. The van der Waals surface area contributed by atoms with E-state index in [0.717, 1.165) is 24.3 Å². The number of fused-ring (bicyclic) bond motifs is 1. The smallest absolute Gasteiger partial charge is 0 e. The Morgan fingerprint density at radius 2 is 1.45 bits per heavy atom. The van der Waals surface area contributed by atoms with E-state index in [1.54, 1.807) is 21.1 Å². The van der Waals surface area contributed by atoms with Crippen LogP contribution >= 0.6 is 0 Å². The van der Waals surface area contributed by atoms with Crippen LogP contribution < -0.4 is 9.47 Å². The summed E-state index contributed by atoms with van der Waals surface area (Å²) in [6.45, 7) is 21.8. The normalized spacial score (nSPS) is 17.6. The first kappa shape index (κ1) is 33.6. The van der Waals surface area contributed by atoms with Crippen LogP contribution in [0.3, 0.4) is 0 Å². The number of hydrogen-bond acceptors (Lipinski definition) is 3. The Labute approximate surface area is 196 Å². The van der Waals surface area contributed by atoms with E-state index in [1.807, 2.05) is 0 Å². The number of benzene rings is 1. The van der Waals surface area contributed by atoms with Gasteiger partial charge in [0.05, 0.1) is 14.2 Å². The number of methoxy groups -OCH3 is 2. The maximum absolute atomic E-state index is 11.5. The molecule has 6 nitrogen and oxygen atoms in total. The van der Waals surface area contributed by atoms with Gasteiger partial charge in [0, 0.05) is 29.7 Å². The van der Waals surface area contributed by atoms with E-state index in [9.17, 15) is 4.79 Å². The molecule has 1 aliphatic rings. The van der Waals surface area contributed by atoms with Crippen LogP contribution in [0.5, 0.6) is 11.5 Å². The van der Waals surface area contributed by atoms with Crippen molar-refractivity contribution in [1.82, 2.24) is 0 Å². The average Bonchev–Trinajstić information content (AvgIpc) is 2.76.